The molecular weight excluding hydrogens is 1330 g/mol. The zero-order valence-corrected chi connectivity index (χ0v) is 66.0. The summed E-state index contributed by atoms with van der Waals surface area (Å²) in [7, 11) is -9.98. The third kappa shape index (κ3) is 74.0. The Labute approximate surface area is 619 Å². The molecule has 0 rings (SSSR count). The van der Waals surface area contributed by atoms with Gasteiger partial charge in [0.05, 0.1) is 26.4 Å². The molecule has 0 heterocycles. The van der Waals surface area contributed by atoms with Gasteiger partial charge in [0.1, 0.15) is 19.3 Å². The number of hydrogen-bond acceptors (Lipinski definition) is 15. The lowest BCUT2D eigenvalue weighted by atomic mass is 10.1. The average Bonchev–Trinajstić information content (AvgIpc) is 0.917. The summed E-state index contributed by atoms with van der Waals surface area (Å²) >= 11 is 0. The van der Waals surface area contributed by atoms with Crippen molar-refractivity contribution in [2.75, 3.05) is 39.6 Å². The molecule has 0 bridgehead atoms. The summed E-state index contributed by atoms with van der Waals surface area (Å²) in [5, 5.41) is 10.6. The van der Waals surface area contributed by atoms with Crippen LogP contribution >= 0.6 is 15.6 Å². The minimum atomic E-state index is -5.00. The maximum absolute atomic E-state index is 13.1. The van der Waals surface area contributed by atoms with Gasteiger partial charge in [-0.1, -0.05) is 265 Å². The van der Waals surface area contributed by atoms with Gasteiger partial charge >= 0.3 is 39.5 Å². The van der Waals surface area contributed by atoms with E-state index in [-0.39, 0.29) is 25.7 Å². The number of hydrogen-bond donors (Lipinski definition) is 3. The van der Waals surface area contributed by atoms with Crippen LogP contribution in [0, 0.1) is 0 Å². The SMILES string of the molecule is CCCCC/C=C\C/C=C\C/C=C\C/C=C\CCCC(=O)O[C@H](COC(=O)CCCCCCC/C=C\C/C=C\CCCCC)COP(=O)(O)OC[C@@H](O)COP(=O)(O)OC[C@@H](COC(=O)CCCCCCCCC/C=C\CCCCCC)OC(=O)CCCCCCC/C=C\C/C=C\CCCCC. The molecule has 0 fully saturated rings. The normalized spacial score (nSPS) is 14.5. The van der Waals surface area contributed by atoms with E-state index in [0.29, 0.717) is 32.1 Å². The van der Waals surface area contributed by atoms with Crippen LogP contribution in [0.3, 0.4) is 0 Å². The molecule has 3 N–H and O–H groups in total. The Hall–Kier alpha value is -4.28. The molecule has 0 radical (unpaired) electrons. The van der Waals surface area contributed by atoms with Crippen LogP contribution < -0.4 is 0 Å². The number of aliphatic hydroxyl groups is 1. The summed E-state index contributed by atoms with van der Waals surface area (Å²) in [5.41, 5.74) is 0. The number of carbonyl (C=O) groups is 4. The van der Waals surface area contributed by atoms with Crippen molar-refractivity contribution in [1.29, 1.82) is 0 Å². The molecular formula is C83H144O17P2. The van der Waals surface area contributed by atoms with E-state index >= 15 is 0 Å². The molecule has 588 valence electrons. The lowest BCUT2D eigenvalue weighted by Crippen LogP contribution is -2.30. The number of allylic oxidation sites excluding steroid dienone is 18. The zero-order chi connectivity index (χ0) is 74.6. The van der Waals surface area contributed by atoms with Crippen LogP contribution in [0.15, 0.2) is 109 Å². The second-order valence-electron chi connectivity index (χ2n) is 26.6. The fourth-order valence-electron chi connectivity index (χ4n) is 10.5. The van der Waals surface area contributed by atoms with Crippen molar-refractivity contribution in [2.45, 2.75) is 354 Å². The van der Waals surface area contributed by atoms with Crippen LogP contribution in [0.25, 0.3) is 0 Å². The largest absolute Gasteiger partial charge is 0.472 e. The minimum absolute atomic E-state index is 0.0149. The van der Waals surface area contributed by atoms with Gasteiger partial charge in [-0.25, -0.2) is 9.13 Å². The molecule has 0 aromatic carbocycles. The highest BCUT2D eigenvalue weighted by molar-refractivity contribution is 7.47. The predicted molar refractivity (Wildman–Crippen MR) is 418 cm³/mol. The molecule has 0 aliphatic carbocycles. The number of aliphatic hydroxyl groups excluding tert-OH is 1. The molecule has 17 nitrogen and oxygen atoms in total. The van der Waals surface area contributed by atoms with Gasteiger partial charge in [-0.05, 0) is 154 Å². The highest BCUT2D eigenvalue weighted by Crippen LogP contribution is 2.45. The van der Waals surface area contributed by atoms with Gasteiger partial charge in [-0.15, -0.1) is 0 Å². The van der Waals surface area contributed by atoms with E-state index in [1.165, 1.54) is 96.3 Å². The maximum atomic E-state index is 13.1. The zero-order valence-electron chi connectivity index (χ0n) is 64.3. The summed E-state index contributed by atoms with van der Waals surface area (Å²) in [6.07, 6.45) is 80.7. The molecule has 0 aromatic rings. The van der Waals surface area contributed by atoms with Crippen LogP contribution in [0.5, 0.6) is 0 Å². The van der Waals surface area contributed by atoms with Gasteiger partial charge in [-0.2, -0.15) is 0 Å². The van der Waals surface area contributed by atoms with Crippen molar-refractivity contribution >= 4 is 39.5 Å². The standard InChI is InChI=1S/C83H144O17P2/c1-5-9-13-17-21-25-29-33-37-38-42-46-50-54-58-62-66-70-83(88)100-79(74-94-81(86)68-64-60-56-52-48-44-40-35-31-27-23-19-15-11-7-3)76-98-102(91,92)96-72-77(84)71-95-101(89,90)97-75-78(99-82(87)69-65-61-57-53-49-45-41-36-32-28-24-20-16-12-8-4)73-93-80(85)67-63-59-55-51-47-43-39-34-30-26-22-18-14-10-6-2/h21,23-28,30,33,35-37,40-42,46,54,58,77-79,84H,5-20,22,29,31-32,34,38-39,43-45,47-53,55-57,59-76H2,1-4H3,(H,89,90)(H,91,92)/b25-21-,27-23-,28-24-,30-26-,37-33-,40-35-,41-36-,46-42-,58-54-/t77-,78+,79+/m0/s1. The highest BCUT2D eigenvalue weighted by Gasteiger charge is 2.30. The first-order valence-electron chi connectivity index (χ1n) is 40.1. The lowest BCUT2D eigenvalue weighted by molar-refractivity contribution is -0.161. The fraction of sp³-hybridized carbons (Fsp3) is 0.735. The molecule has 5 atom stereocenters. The van der Waals surface area contributed by atoms with E-state index in [1.807, 2.05) is 12.2 Å². The van der Waals surface area contributed by atoms with Crippen molar-refractivity contribution in [3.05, 3.63) is 109 Å². The smallest absolute Gasteiger partial charge is 0.462 e. The predicted octanol–water partition coefficient (Wildman–Crippen LogP) is 23.3. The second-order valence-corrected chi connectivity index (χ2v) is 29.5. The second kappa shape index (κ2) is 75.0. The van der Waals surface area contributed by atoms with Crippen LogP contribution in [-0.2, 0) is 65.4 Å². The lowest BCUT2D eigenvalue weighted by Gasteiger charge is -2.21. The Morgan fingerprint density at radius 2 is 0.490 bits per heavy atom. The number of phosphoric ester groups is 2. The summed E-state index contributed by atoms with van der Waals surface area (Å²) < 4.78 is 68.5. The van der Waals surface area contributed by atoms with Crippen LogP contribution in [0.2, 0.25) is 0 Å². The van der Waals surface area contributed by atoms with Crippen molar-refractivity contribution in [2.24, 2.45) is 0 Å². The highest BCUT2D eigenvalue weighted by atomic mass is 31.2. The topological polar surface area (TPSA) is 237 Å². The first kappa shape index (κ1) is 97.7. The summed E-state index contributed by atoms with van der Waals surface area (Å²) in [6, 6.07) is 0. The molecule has 0 aliphatic rings. The number of rotatable bonds is 75. The molecule has 0 aliphatic heterocycles. The Balaban J connectivity index is 5.43. The Morgan fingerprint density at radius 1 is 0.275 bits per heavy atom. The number of esters is 4. The van der Waals surface area contributed by atoms with E-state index in [2.05, 4.69) is 125 Å². The monoisotopic (exact) mass is 1470 g/mol. The van der Waals surface area contributed by atoms with Crippen LogP contribution in [0.1, 0.15) is 336 Å². The van der Waals surface area contributed by atoms with Crippen molar-refractivity contribution in [3.8, 4) is 0 Å². The number of carbonyl (C=O) groups excluding carboxylic acids is 4. The van der Waals surface area contributed by atoms with Gasteiger partial charge in [-0.3, -0.25) is 37.3 Å². The minimum Gasteiger partial charge on any atom is -0.462 e. The molecule has 0 saturated carbocycles. The molecule has 102 heavy (non-hydrogen) atoms. The Kier molecular flexibility index (Phi) is 71.8. The number of ether oxygens (including phenoxy) is 4. The molecule has 0 spiro atoms. The first-order valence-corrected chi connectivity index (χ1v) is 43.1. The summed E-state index contributed by atoms with van der Waals surface area (Å²) in [6.45, 7) is 4.71. The fourth-order valence-corrected chi connectivity index (χ4v) is 12.1. The average molecular weight is 1480 g/mol. The van der Waals surface area contributed by atoms with Gasteiger partial charge in [0.25, 0.3) is 0 Å². The molecule has 0 amide bonds. The number of phosphoric acid groups is 2. The van der Waals surface area contributed by atoms with E-state index in [1.54, 1.807) is 0 Å². The third-order valence-corrected chi connectivity index (χ3v) is 18.6. The van der Waals surface area contributed by atoms with Crippen LogP contribution in [-0.4, -0.2) is 96.7 Å². The van der Waals surface area contributed by atoms with Crippen molar-refractivity contribution in [3.63, 3.8) is 0 Å². The third-order valence-electron chi connectivity index (χ3n) is 16.7. The van der Waals surface area contributed by atoms with E-state index in [0.717, 1.165) is 154 Å². The molecule has 19 heteroatoms. The molecule has 0 aromatic heterocycles. The van der Waals surface area contributed by atoms with Gasteiger partial charge in [0.2, 0.25) is 0 Å². The van der Waals surface area contributed by atoms with E-state index < -0.39 is 97.5 Å². The van der Waals surface area contributed by atoms with E-state index in [9.17, 15) is 43.2 Å². The molecule has 0 saturated heterocycles. The quantitative estimate of drug-likeness (QED) is 0.0169. The summed E-state index contributed by atoms with van der Waals surface area (Å²) in [4.78, 5) is 73.0. The number of unbranched alkanes of at least 4 members (excludes halogenated alkanes) is 31. The summed E-state index contributed by atoms with van der Waals surface area (Å²) in [5.74, 6) is -2.27. The maximum Gasteiger partial charge on any atom is 0.472 e. The van der Waals surface area contributed by atoms with Gasteiger partial charge in [0, 0.05) is 25.7 Å². The Morgan fingerprint density at radius 3 is 0.804 bits per heavy atom. The molecule has 2 unspecified atom stereocenters. The Bertz CT molecular complexity index is 2360. The van der Waals surface area contributed by atoms with Crippen LogP contribution in [0.4, 0.5) is 0 Å². The van der Waals surface area contributed by atoms with E-state index in [4.69, 9.17) is 37.0 Å². The van der Waals surface area contributed by atoms with Crippen molar-refractivity contribution < 1.29 is 80.2 Å². The van der Waals surface area contributed by atoms with Crippen molar-refractivity contribution in [1.82, 2.24) is 0 Å². The van der Waals surface area contributed by atoms with Gasteiger partial charge < -0.3 is 33.8 Å². The first-order chi connectivity index (χ1) is 49.7. The van der Waals surface area contributed by atoms with Gasteiger partial charge in [0.15, 0.2) is 12.2 Å².